The van der Waals surface area contributed by atoms with E-state index < -0.39 is 0 Å². The van der Waals surface area contributed by atoms with Crippen molar-refractivity contribution >= 4 is 0 Å². The van der Waals surface area contributed by atoms with Crippen LogP contribution in [-0.4, -0.2) is 52.7 Å². The van der Waals surface area contributed by atoms with Gasteiger partial charge >= 0.3 is 0 Å². The largest absolute Gasteiger partial charge is 0.379 e. The van der Waals surface area contributed by atoms with E-state index in [1.54, 1.807) is 0 Å². The Labute approximate surface area is 124 Å². The van der Waals surface area contributed by atoms with Gasteiger partial charge < -0.3 is 19.5 Å². The van der Waals surface area contributed by atoms with Crippen LogP contribution in [0.2, 0.25) is 0 Å². The molecule has 20 heavy (non-hydrogen) atoms. The van der Waals surface area contributed by atoms with Gasteiger partial charge in [0.2, 0.25) is 0 Å². The molecule has 0 aromatic rings. The van der Waals surface area contributed by atoms with E-state index in [-0.39, 0.29) is 0 Å². The molecule has 4 nitrogen and oxygen atoms in total. The lowest BCUT2D eigenvalue weighted by Crippen LogP contribution is -2.25. The third kappa shape index (κ3) is 10.6. The molecule has 0 aliphatic heterocycles. The summed E-state index contributed by atoms with van der Waals surface area (Å²) in [7, 11) is 0. The average molecular weight is 287 g/mol. The molecule has 1 N–H and O–H groups in total. The maximum Gasteiger partial charge on any atom is 0.0701 e. The van der Waals surface area contributed by atoms with E-state index in [0.717, 1.165) is 38.6 Å². The standard InChI is InChI=1S/C16H33NO3/c1-2-3-10-18-12-14-20-15-13-19-11-9-17-8-7-16-5-4-6-16/h16-17H,2-15H2,1H3. The van der Waals surface area contributed by atoms with E-state index in [1.165, 1.54) is 32.1 Å². The fraction of sp³-hybridized carbons (Fsp3) is 1.00. The molecular weight excluding hydrogens is 254 g/mol. The molecule has 0 aromatic heterocycles. The summed E-state index contributed by atoms with van der Waals surface area (Å²) in [5.41, 5.74) is 0. The normalized spacial score (nSPS) is 15.4. The molecule has 1 fully saturated rings. The van der Waals surface area contributed by atoms with Gasteiger partial charge in [-0.2, -0.15) is 0 Å². The van der Waals surface area contributed by atoms with Gasteiger partial charge in [-0.15, -0.1) is 0 Å². The number of ether oxygens (including phenoxy) is 3. The van der Waals surface area contributed by atoms with Gasteiger partial charge in [0.15, 0.2) is 0 Å². The van der Waals surface area contributed by atoms with Crippen LogP contribution in [0.4, 0.5) is 0 Å². The first-order valence-electron chi connectivity index (χ1n) is 8.37. The van der Waals surface area contributed by atoms with Crippen molar-refractivity contribution in [3.8, 4) is 0 Å². The molecule has 1 saturated carbocycles. The molecule has 120 valence electrons. The molecule has 0 unspecified atom stereocenters. The van der Waals surface area contributed by atoms with Crippen molar-refractivity contribution in [3.05, 3.63) is 0 Å². The number of rotatable bonds is 15. The second-order valence-corrected chi connectivity index (χ2v) is 5.53. The van der Waals surface area contributed by atoms with Gasteiger partial charge in [0, 0.05) is 13.2 Å². The van der Waals surface area contributed by atoms with Crippen LogP contribution in [0.15, 0.2) is 0 Å². The zero-order valence-corrected chi connectivity index (χ0v) is 13.2. The SMILES string of the molecule is CCCCOCCOCCOCCNCCC1CCC1. The summed E-state index contributed by atoms with van der Waals surface area (Å²) in [5, 5.41) is 3.43. The maximum absolute atomic E-state index is 5.50. The predicted molar refractivity (Wildman–Crippen MR) is 82.2 cm³/mol. The molecule has 0 atom stereocenters. The highest BCUT2D eigenvalue weighted by molar-refractivity contribution is 4.70. The lowest BCUT2D eigenvalue weighted by molar-refractivity contribution is 0.0146. The first-order chi connectivity index (χ1) is 9.93. The van der Waals surface area contributed by atoms with Crippen molar-refractivity contribution in [2.45, 2.75) is 45.4 Å². The summed E-state index contributed by atoms with van der Waals surface area (Å²) in [5.74, 6) is 0.997. The second-order valence-electron chi connectivity index (χ2n) is 5.53. The molecule has 4 heteroatoms. The van der Waals surface area contributed by atoms with Gasteiger partial charge in [0.05, 0.1) is 33.0 Å². The Balaban J connectivity index is 1.62. The Morgan fingerprint density at radius 1 is 0.850 bits per heavy atom. The van der Waals surface area contributed by atoms with E-state index in [0.29, 0.717) is 26.4 Å². The Kier molecular flexibility index (Phi) is 12.3. The van der Waals surface area contributed by atoms with Crippen molar-refractivity contribution in [2.75, 3.05) is 52.7 Å². The van der Waals surface area contributed by atoms with Crippen LogP contribution in [0.1, 0.15) is 45.4 Å². The lowest BCUT2D eigenvalue weighted by atomic mass is 9.83. The molecule has 0 saturated heterocycles. The molecule has 0 radical (unpaired) electrons. The lowest BCUT2D eigenvalue weighted by Gasteiger charge is -2.25. The third-order valence-electron chi connectivity index (χ3n) is 3.76. The minimum absolute atomic E-state index is 0.666. The first-order valence-corrected chi connectivity index (χ1v) is 8.37. The van der Waals surface area contributed by atoms with Crippen molar-refractivity contribution in [1.82, 2.24) is 5.32 Å². The van der Waals surface area contributed by atoms with Crippen LogP contribution in [-0.2, 0) is 14.2 Å². The fourth-order valence-electron chi connectivity index (χ4n) is 2.15. The Morgan fingerprint density at radius 2 is 1.50 bits per heavy atom. The van der Waals surface area contributed by atoms with E-state index in [2.05, 4.69) is 12.2 Å². The smallest absolute Gasteiger partial charge is 0.0701 e. The van der Waals surface area contributed by atoms with Crippen LogP contribution in [0.3, 0.4) is 0 Å². The van der Waals surface area contributed by atoms with E-state index >= 15 is 0 Å². The highest BCUT2D eigenvalue weighted by Crippen LogP contribution is 2.28. The summed E-state index contributed by atoms with van der Waals surface area (Å²) in [6.45, 7) is 8.60. The highest BCUT2D eigenvalue weighted by Gasteiger charge is 2.15. The first kappa shape index (κ1) is 17.9. The minimum atomic E-state index is 0.666. The topological polar surface area (TPSA) is 39.7 Å². The van der Waals surface area contributed by atoms with Gasteiger partial charge in [-0.25, -0.2) is 0 Å². The molecular formula is C16H33NO3. The summed E-state index contributed by atoms with van der Waals surface area (Å²) >= 11 is 0. The van der Waals surface area contributed by atoms with Gasteiger partial charge in [-0.05, 0) is 25.3 Å². The predicted octanol–water partition coefficient (Wildman–Crippen LogP) is 2.62. The van der Waals surface area contributed by atoms with Crippen molar-refractivity contribution in [2.24, 2.45) is 5.92 Å². The number of hydrogen-bond acceptors (Lipinski definition) is 4. The van der Waals surface area contributed by atoms with E-state index in [1.807, 2.05) is 0 Å². The zero-order chi connectivity index (χ0) is 14.3. The molecule has 0 spiro atoms. The molecule has 0 bridgehead atoms. The summed E-state index contributed by atoms with van der Waals surface area (Å²) in [4.78, 5) is 0. The molecule has 0 amide bonds. The van der Waals surface area contributed by atoms with Gasteiger partial charge in [0.25, 0.3) is 0 Å². The van der Waals surface area contributed by atoms with E-state index in [9.17, 15) is 0 Å². The van der Waals surface area contributed by atoms with Crippen LogP contribution in [0, 0.1) is 5.92 Å². The maximum atomic E-state index is 5.50. The highest BCUT2D eigenvalue weighted by atomic mass is 16.5. The molecule has 1 aliphatic rings. The summed E-state index contributed by atoms with van der Waals surface area (Å²) in [6.07, 6.45) is 7.98. The average Bonchev–Trinajstić information content (AvgIpc) is 2.41. The van der Waals surface area contributed by atoms with Crippen LogP contribution in [0.25, 0.3) is 0 Å². The van der Waals surface area contributed by atoms with Crippen LogP contribution in [0.5, 0.6) is 0 Å². The minimum Gasteiger partial charge on any atom is -0.379 e. The van der Waals surface area contributed by atoms with Crippen molar-refractivity contribution in [1.29, 1.82) is 0 Å². The number of unbranched alkanes of at least 4 members (excludes halogenated alkanes) is 1. The van der Waals surface area contributed by atoms with Gasteiger partial charge in [-0.3, -0.25) is 0 Å². The summed E-state index contributed by atoms with van der Waals surface area (Å²) < 4.78 is 16.3. The van der Waals surface area contributed by atoms with Crippen LogP contribution >= 0.6 is 0 Å². The molecule has 0 heterocycles. The third-order valence-corrected chi connectivity index (χ3v) is 3.76. The van der Waals surface area contributed by atoms with Crippen LogP contribution < -0.4 is 5.32 Å². The van der Waals surface area contributed by atoms with Gasteiger partial charge in [-0.1, -0.05) is 32.6 Å². The monoisotopic (exact) mass is 287 g/mol. The van der Waals surface area contributed by atoms with Gasteiger partial charge in [0.1, 0.15) is 0 Å². The van der Waals surface area contributed by atoms with Crippen molar-refractivity contribution < 1.29 is 14.2 Å². The molecule has 0 aromatic carbocycles. The fourth-order valence-corrected chi connectivity index (χ4v) is 2.15. The molecule has 1 aliphatic carbocycles. The number of nitrogens with one attached hydrogen (secondary N) is 1. The Morgan fingerprint density at radius 3 is 2.10 bits per heavy atom. The molecule has 1 rings (SSSR count). The van der Waals surface area contributed by atoms with Crippen molar-refractivity contribution in [3.63, 3.8) is 0 Å². The zero-order valence-electron chi connectivity index (χ0n) is 13.2. The van der Waals surface area contributed by atoms with E-state index in [4.69, 9.17) is 14.2 Å². The Bertz CT molecular complexity index is 198. The Hall–Kier alpha value is -0.160. The quantitative estimate of drug-likeness (QED) is 0.470. The number of hydrogen-bond donors (Lipinski definition) is 1. The second kappa shape index (κ2) is 13.8. The summed E-state index contributed by atoms with van der Waals surface area (Å²) in [6, 6.07) is 0.